The topological polar surface area (TPSA) is 93.2 Å². The summed E-state index contributed by atoms with van der Waals surface area (Å²) in [6.07, 6.45) is 4.54. The number of benzene rings is 1. The Balaban J connectivity index is 1.72. The lowest BCUT2D eigenvalue weighted by Crippen LogP contribution is -2.52. The number of ether oxygens (including phenoxy) is 1. The average molecular weight is 362 g/mol. The van der Waals surface area contributed by atoms with E-state index in [1.807, 2.05) is 30.3 Å². The van der Waals surface area contributed by atoms with Crippen LogP contribution in [0, 0.1) is 0 Å². The molecule has 1 fully saturated rings. The lowest BCUT2D eigenvalue weighted by molar-refractivity contribution is 0.122. The number of nitrogens with one attached hydrogen (secondary N) is 2. The van der Waals surface area contributed by atoms with Gasteiger partial charge >= 0.3 is 0 Å². The van der Waals surface area contributed by atoms with Gasteiger partial charge in [-0.05, 0) is 19.4 Å². The Kier molecular flexibility index (Phi) is 5.43. The molecule has 1 atom stereocenters. The zero-order chi connectivity index (χ0) is 17.8. The second-order valence-corrected chi connectivity index (χ2v) is 7.94. The molecule has 134 valence electrons. The number of hydrogen-bond donors (Lipinski definition) is 2. The molecule has 0 bridgehead atoms. The van der Waals surface area contributed by atoms with Crippen LogP contribution in [0.25, 0.3) is 11.4 Å². The minimum atomic E-state index is -3.67. The normalized spacial score (nSPS) is 20.7. The first-order valence-electron chi connectivity index (χ1n) is 8.16. The molecule has 0 aliphatic carbocycles. The number of hydrogen-bond acceptors (Lipinski definition) is 6. The fraction of sp³-hybridized carbons (Fsp3) is 0.412. The molecule has 2 aromatic rings. The Bertz CT molecular complexity index is 788. The maximum absolute atomic E-state index is 12.5. The van der Waals surface area contributed by atoms with E-state index in [1.54, 1.807) is 7.11 Å². The Labute approximate surface area is 147 Å². The molecule has 3 rings (SSSR count). The van der Waals surface area contributed by atoms with Gasteiger partial charge in [0.1, 0.15) is 4.90 Å². The van der Waals surface area contributed by atoms with Crippen LogP contribution in [0.4, 0.5) is 0 Å². The molecule has 2 heterocycles. The van der Waals surface area contributed by atoms with Crippen LogP contribution in [-0.4, -0.2) is 50.7 Å². The number of aromatic nitrogens is 2. The summed E-state index contributed by atoms with van der Waals surface area (Å²) in [5.41, 5.74) is 0.487. The molecule has 1 aromatic carbocycles. The van der Waals surface area contributed by atoms with Gasteiger partial charge in [0.25, 0.3) is 0 Å². The summed E-state index contributed by atoms with van der Waals surface area (Å²) in [6, 6.07) is 9.42. The summed E-state index contributed by atoms with van der Waals surface area (Å²) in [7, 11) is -2.06. The molecule has 7 nitrogen and oxygen atoms in total. The Hall–Kier alpha value is -1.87. The standard InChI is InChI=1S/C17H22N4O3S/c1-24-13-17(8-5-9-20-17)12-21-25(22,23)15-10-18-16(19-11-15)14-6-3-2-4-7-14/h2-4,6-7,10-11,20-21H,5,8-9,12-13H2,1H3. The summed E-state index contributed by atoms with van der Waals surface area (Å²) in [5, 5.41) is 3.34. The molecule has 0 amide bonds. The van der Waals surface area contributed by atoms with Crippen molar-refractivity contribution in [3.63, 3.8) is 0 Å². The summed E-state index contributed by atoms with van der Waals surface area (Å²) < 4.78 is 32.9. The van der Waals surface area contributed by atoms with Crippen LogP contribution in [0.3, 0.4) is 0 Å². The van der Waals surface area contributed by atoms with Gasteiger partial charge in [0.15, 0.2) is 5.82 Å². The van der Waals surface area contributed by atoms with Crippen molar-refractivity contribution in [2.75, 3.05) is 26.8 Å². The molecule has 1 unspecified atom stereocenters. The predicted molar refractivity (Wildman–Crippen MR) is 94.5 cm³/mol. The van der Waals surface area contributed by atoms with Crippen LogP contribution in [0.2, 0.25) is 0 Å². The van der Waals surface area contributed by atoms with Crippen molar-refractivity contribution < 1.29 is 13.2 Å². The summed E-state index contributed by atoms with van der Waals surface area (Å²) in [5.74, 6) is 0.493. The van der Waals surface area contributed by atoms with E-state index in [0.717, 1.165) is 24.9 Å². The summed E-state index contributed by atoms with van der Waals surface area (Å²) in [6.45, 7) is 1.59. The van der Waals surface area contributed by atoms with Crippen molar-refractivity contribution in [3.8, 4) is 11.4 Å². The molecule has 1 aliphatic heterocycles. The van der Waals surface area contributed by atoms with Gasteiger partial charge in [-0.2, -0.15) is 0 Å². The molecule has 8 heteroatoms. The van der Waals surface area contributed by atoms with E-state index >= 15 is 0 Å². The smallest absolute Gasteiger partial charge is 0.243 e. The first kappa shape index (κ1) is 17.9. The second kappa shape index (κ2) is 7.57. The zero-order valence-electron chi connectivity index (χ0n) is 14.1. The van der Waals surface area contributed by atoms with Crippen LogP contribution in [0.1, 0.15) is 12.8 Å². The molecule has 25 heavy (non-hydrogen) atoms. The lowest BCUT2D eigenvalue weighted by atomic mass is 9.99. The van der Waals surface area contributed by atoms with Gasteiger partial charge in [-0.15, -0.1) is 0 Å². The van der Waals surface area contributed by atoms with Crippen LogP contribution < -0.4 is 10.0 Å². The monoisotopic (exact) mass is 362 g/mol. The first-order valence-corrected chi connectivity index (χ1v) is 9.64. The zero-order valence-corrected chi connectivity index (χ0v) is 14.9. The van der Waals surface area contributed by atoms with Gasteiger partial charge in [-0.25, -0.2) is 23.1 Å². The molecule has 0 spiro atoms. The third-order valence-corrected chi connectivity index (χ3v) is 5.68. The highest BCUT2D eigenvalue weighted by molar-refractivity contribution is 7.89. The molecule has 1 aliphatic rings. The number of nitrogens with zero attached hydrogens (tertiary/aromatic N) is 2. The van der Waals surface area contributed by atoms with Gasteiger partial charge in [0, 0.05) is 19.2 Å². The van der Waals surface area contributed by atoms with Crippen molar-refractivity contribution >= 4 is 10.0 Å². The van der Waals surface area contributed by atoms with E-state index in [0.29, 0.717) is 12.4 Å². The maximum atomic E-state index is 12.5. The van der Waals surface area contributed by atoms with E-state index in [-0.39, 0.29) is 17.0 Å². The third-order valence-electron chi connectivity index (χ3n) is 4.32. The first-order chi connectivity index (χ1) is 12.0. The van der Waals surface area contributed by atoms with E-state index < -0.39 is 10.0 Å². The number of sulfonamides is 1. The largest absolute Gasteiger partial charge is 0.383 e. The van der Waals surface area contributed by atoms with E-state index in [4.69, 9.17) is 4.74 Å². The maximum Gasteiger partial charge on any atom is 0.243 e. The Morgan fingerprint density at radius 1 is 1.24 bits per heavy atom. The molecule has 0 radical (unpaired) electrons. The molecule has 1 aromatic heterocycles. The SMILES string of the molecule is COCC1(CNS(=O)(=O)c2cnc(-c3ccccc3)nc2)CCCN1. The molecule has 2 N–H and O–H groups in total. The molecular formula is C17H22N4O3S. The van der Waals surface area contributed by atoms with Gasteiger partial charge in [-0.3, -0.25) is 0 Å². The van der Waals surface area contributed by atoms with Crippen LogP contribution in [-0.2, 0) is 14.8 Å². The highest BCUT2D eigenvalue weighted by atomic mass is 32.2. The molecular weight excluding hydrogens is 340 g/mol. The predicted octanol–water partition coefficient (Wildman–Crippen LogP) is 1.19. The van der Waals surface area contributed by atoms with E-state index in [2.05, 4.69) is 20.0 Å². The van der Waals surface area contributed by atoms with Gasteiger partial charge < -0.3 is 10.1 Å². The number of rotatable bonds is 7. The minimum Gasteiger partial charge on any atom is -0.383 e. The lowest BCUT2D eigenvalue weighted by Gasteiger charge is -2.28. The van der Waals surface area contributed by atoms with E-state index in [9.17, 15) is 8.42 Å². The van der Waals surface area contributed by atoms with Crippen molar-refractivity contribution in [1.82, 2.24) is 20.0 Å². The van der Waals surface area contributed by atoms with Crippen LogP contribution >= 0.6 is 0 Å². The Morgan fingerprint density at radius 3 is 2.56 bits per heavy atom. The van der Waals surface area contributed by atoms with Crippen molar-refractivity contribution in [2.24, 2.45) is 0 Å². The van der Waals surface area contributed by atoms with Gasteiger partial charge in [0.2, 0.25) is 10.0 Å². The van der Waals surface area contributed by atoms with E-state index in [1.165, 1.54) is 12.4 Å². The summed E-state index contributed by atoms with van der Waals surface area (Å²) in [4.78, 5) is 8.41. The highest BCUT2D eigenvalue weighted by Crippen LogP contribution is 2.20. The van der Waals surface area contributed by atoms with Crippen molar-refractivity contribution in [3.05, 3.63) is 42.7 Å². The van der Waals surface area contributed by atoms with Crippen molar-refractivity contribution in [1.29, 1.82) is 0 Å². The fourth-order valence-corrected chi connectivity index (χ4v) is 3.99. The minimum absolute atomic E-state index is 0.0535. The van der Waals surface area contributed by atoms with Gasteiger partial charge in [0.05, 0.1) is 24.5 Å². The quantitative estimate of drug-likeness (QED) is 0.769. The second-order valence-electron chi connectivity index (χ2n) is 6.18. The Morgan fingerprint density at radius 2 is 1.96 bits per heavy atom. The number of methoxy groups -OCH3 is 1. The van der Waals surface area contributed by atoms with Gasteiger partial charge in [-0.1, -0.05) is 30.3 Å². The highest BCUT2D eigenvalue weighted by Gasteiger charge is 2.34. The molecule has 0 saturated carbocycles. The van der Waals surface area contributed by atoms with Crippen LogP contribution in [0.15, 0.2) is 47.6 Å². The van der Waals surface area contributed by atoms with Crippen LogP contribution in [0.5, 0.6) is 0 Å². The average Bonchev–Trinajstić information content (AvgIpc) is 3.10. The summed E-state index contributed by atoms with van der Waals surface area (Å²) >= 11 is 0. The third kappa shape index (κ3) is 4.21. The molecule has 1 saturated heterocycles. The fourth-order valence-electron chi connectivity index (χ4n) is 2.98. The van der Waals surface area contributed by atoms with Crippen molar-refractivity contribution in [2.45, 2.75) is 23.3 Å².